The Morgan fingerprint density at radius 2 is 1.87 bits per heavy atom. The molecule has 0 aliphatic carbocycles. The zero-order valence-corrected chi connectivity index (χ0v) is 17.8. The maximum atomic E-state index is 12.8. The standard InChI is InChI=1S/C21H20N4O4S/c1-12(26)25-15-8-6-5-7-14(15)18-19(22-21(30-4)24-23-18)29-20(25)13-9-10-16(27-2)17(11-13)28-3/h5-11,20H,1-4H3/t20-/m1/s1. The van der Waals surface area contributed by atoms with Gasteiger partial charge in [-0.15, -0.1) is 10.2 Å². The van der Waals surface area contributed by atoms with Crippen molar-refractivity contribution in [3.8, 4) is 28.6 Å². The maximum absolute atomic E-state index is 12.8. The molecule has 1 atom stereocenters. The van der Waals surface area contributed by atoms with E-state index >= 15 is 0 Å². The van der Waals surface area contributed by atoms with Crippen molar-refractivity contribution in [1.29, 1.82) is 0 Å². The van der Waals surface area contributed by atoms with E-state index in [1.807, 2.05) is 36.6 Å². The van der Waals surface area contributed by atoms with Gasteiger partial charge in [-0.25, -0.2) is 0 Å². The Balaban J connectivity index is 1.95. The topological polar surface area (TPSA) is 86.7 Å². The Kier molecular flexibility index (Phi) is 5.45. The zero-order chi connectivity index (χ0) is 21.3. The summed E-state index contributed by atoms with van der Waals surface area (Å²) in [6, 6.07) is 12.9. The van der Waals surface area contributed by atoms with Gasteiger partial charge in [-0.2, -0.15) is 4.98 Å². The number of ether oxygens (including phenoxy) is 3. The molecule has 8 nitrogen and oxygen atoms in total. The van der Waals surface area contributed by atoms with Crippen LogP contribution in [0.5, 0.6) is 17.4 Å². The molecule has 0 radical (unpaired) electrons. The van der Waals surface area contributed by atoms with Gasteiger partial charge in [-0.3, -0.25) is 9.69 Å². The summed E-state index contributed by atoms with van der Waals surface area (Å²) in [7, 11) is 3.13. The molecule has 3 aromatic rings. The van der Waals surface area contributed by atoms with Crippen molar-refractivity contribution in [2.75, 3.05) is 25.4 Å². The summed E-state index contributed by atoms with van der Waals surface area (Å²) in [5, 5.41) is 8.96. The number of aromatic nitrogens is 3. The van der Waals surface area contributed by atoms with Gasteiger partial charge < -0.3 is 14.2 Å². The predicted molar refractivity (Wildman–Crippen MR) is 113 cm³/mol. The van der Waals surface area contributed by atoms with E-state index in [0.717, 1.165) is 5.56 Å². The minimum absolute atomic E-state index is 0.187. The van der Waals surface area contributed by atoms with E-state index in [9.17, 15) is 4.79 Å². The van der Waals surface area contributed by atoms with Crippen LogP contribution in [-0.4, -0.2) is 41.6 Å². The number of hydrogen-bond acceptors (Lipinski definition) is 8. The quantitative estimate of drug-likeness (QED) is 0.586. The van der Waals surface area contributed by atoms with Crippen LogP contribution in [-0.2, 0) is 4.79 Å². The van der Waals surface area contributed by atoms with Gasteiger partial charge in [0.1, 0.15) is 0 Å². The van der Waals surface area contributed by atoms with Crippen molar-refractivity contribution >= 4 is 23.4 Å². The first-order valence-electron chi connectivity index (χ1n) is 9.13. The molecular formula is C21H20N4O4S. The second-order valence-electron chi connectivity index (χ2n) is 6.44. The van der Waals surface area contributed by atoms with E-state index in [1.165, 1.54) is 18.7 Å². The molecule has 0 unspecified atom stereocenters. The van der Waals surface area contributed by atoms with Gasteiger partial charge in [0.05, 0.1) is 19.9 Å². The second kappa shape index (κ2) is 8.19. The maximum Gasteiger partial charge on any atom is 0.247 e. The first-order valence-corrected chi connectivity index (χ1v) is 10.4. The number of hydrogen-bond donors (Lipinski definition) is 0. The number of thioether (sulfide) groups is 1. The highest BCUT2D eigenvalue weighted by Crippen LogP contribution is 2.44. The molecule has 1 amide bonds. The number of carbonyl (C=O) groups is 1. The van der Waals surface area contributed by atoms with Crippen LogP contribution in [0.3, 0.4) is 0 Å². The Morgan fingerprint density at radius 3 is 2.57 bits per heavy atom. The van der Waals surface area contributed by atoms with Gasteiger partial charge >= 0.3 is 0 Å². The van der Waals surface area contributed by atoms with E-state index in [2.05, 4.69) is 15.2 Å². The molecule has 9 heteroatoms. The predicted octanol–water partition coefficient (Wildman–Crippen LogP) is 3.72. The van der Waals surface area contributed by atoms with Crippen molar-refractivity contribution in [3.05, 3.63) is 48.0 Å². The molecule has 0 saturated heterocycles. The summed E-state index contributed by atoms with van der Waals surface area (Å²) in [4.78, 5) is 18.9. The van der Waals surface area contributed by atoms with E-state index in [1.54, 1.807) is 31.3 Å². The average molecular weight is 424 g/mol. The smallest absolute Gasteiger partial charge is 0.247 e. The fraction of sp³-hybridized carbons (Fsp3) is 0.238. The number of para-hydroxylation sites is 1. The molecule has 0 saturated carbocycles. The van der Waals surface area contributed by atoms with Gasteiger partial charge in [0.15, 0.2) is 17.2 Å². The molecule has 0 N–H and O–H groups in total. The number of benzene rings is 2. The minimum atomic E-state index is -0.781. The summed E-state index contributed by atoms with van der Waals surface area (Å²) >= 11 is 1.36. The van der Waals surface area contributed by atoms with E-state index in [0.29, 0.717) is 39.5 Å². The number of amides is 1. The molecule has 2 aromatic carbocycles. The lowest BCUT2D eigenvalue weighted by Gasteiger charge is -2.30. The fourth-order valence-electron chi connectivity index (χ4n) is 3.36. The monoisotopic (exact) mass is 424 g/mol. The molecule has 1 aromatic heterocycles. The Labute approximate surface area is 178 Å². The Bertz CT molecular complexity index is 1110. The third-order valence-electron chi connectivity index (χ3n) is 4.73. The highest BCUT2D eigenvalue weighted by atomic mass is 32.2. The summed E-state index contributed by atoms with van der Waals surface area (Å²) in [6.07, 6.45) is 1.08. The number of carbonyl (C=O) groups excluding carboxylic acids is 1. The highest BCUT2D eigenvalue weighted by Gasteiger charge is 2.34. The molecule has 4 rings (SSSR count). The lowest BCUT2D eigenvalue weighted by atomic mass is 10.1. The van der Waals surface area contributed by atoms with Crippen LogP contribution in [0.4, 0.5) is 5.69 Å². The van der Waals surface area contributed by atoms with Crippen LogP contribution in [0.15, 0.2) is 47.6 Å². The first kappa shape index (κ1) is 20.0. The summed E-state index contributed by atoms with van der Waals surface area (Å²) in [6.45, 7) is 1.50. The average Bonchev–Trinajstić information content (AvgIpc) is 2.92. The van der Waals surface area contributed by atoms with Crippen molar-refractivity contribution in [3.63, 3.8) is 0 Å². The normalized spacial score (nSPS) is 14.8. The molecule has 0 bridgehead atoms. The van der Waals surface area contributed by atoms with Gasteiger partial charge in [0.25, 0.3) is 0 Å². The first-order chi connectivity index (χ1) is 14.6. The van der Waals surface area contributed by atoms with Crippen LogP contribution < -0.4 is 19.1 Å². The summed E-state index contributed by atoms with van der Waals surface area (Å²) in [5.41, 5.74) is 2.57. The van der Waals surface area contributed by atoms with E-state index in [-0.39, 0.29) is 5.91 Å². The fourth-order valence-corrected chi connectivity index (χ4v) is 3.66. The van der Waals surface area contributed by atoms with Crippen molar-refractivity contribution in [2.45, 2.75) is 18.3 Å². The van der Waals surface area contributed by atoms with E-state index < -0.39 is 6.23 Å². The number of rotatable bonds is 4. The van der Waals surface area contributed by atoms with Gasteiger partial charge in [0, 0.05) is 18.1 Å². The Hall–Kier alpha value is -3.33. The highest BCUT2D eigenvalue weighted by molar-refractivity contribution is 7.98. The van der Waals surface area contributed by atoms with Crippen molar-refractivity contribution in [1.82, 2.24) is 15.2 Å². The van der Waals surface area contributed by atoms with Crippen molar-refractivity contribution in [2.24, 2.45) is 0 Å². The lowest BCUT2D eigenvalue weighted by molar-refractivity contribution is -0.118. The molecule has 154 valence electrons. The van der Waals surface area contributed by atoms with Crippen LogP contribution in [0, 0.1) is 0 Å². The molecule has 1 aliphatic rings. The van der Waals surface area contributed by atoms with Gasteiger partial charge in [0.2, 0.25) is 23.2 Å². The zero-order valence-electron chi connectivity index (χ0n) is 16.9. The SMILES string of the molecule is COc1ccc([C@H]2Oc3nc(SC)nnc3-c3ccccc3N2C(C)=O)cc1OC. The molecule has 30 heavy (non-hydrogen) atoms. The van der Waals surface area contributed by atoms with Crippen LogP contribution >= 0.6 is 11.8 Å². The third kappa shape index (κ3) is 3.41. The second-order valence-corrected chi connectivity index (χ2v) is 7.22. The summed E-state index contributed by atoms with van der Waals surface area (Å²) < 4.78 is 17.1. The number of anilines is 1. The largest absolute Gasteiger partial charge is 0.493 e. The lowest BCUT2D eigenvalue weighted by Crippen LogP contribution is -2.36. The van der Waals surface area contributed by atoms with Gasteiger partial charge in [-0.05, 0) is 30.5 Å². The molecular weight excluding hydrogens is 404 g/mol. The summed E-state index contributed by atoms with van der Waals surface area (Å²) in [5.74, 6) is 1.24. The number of methoxy groups -OCH3 is 2. The van der Waals surface area contributed by atoms with Crippen LogP contribution in [0.2, 0.25) is 0 Å². The van der Waals surface area contributed by atoms with Crippen LogP contribution in [0.25, 0.3) is 11.3 Å². The molecule has 2 heterocycles. The number of fused-ring (bicyclic) bond motifs is 3. The minimum Gasteiger partial charge on any atom is -0.493 e. The molecule has 1 aliphatic heterocycles. The third-order valence-corrected chi connectivity index (χ3v) is 5.26. The van der Waals surface area contributed by atoms with Gasteiger partial charge in [-0.1, -0.05) is 30.0 Å². The molecule has 0 fully saturated rings. The van der Waals surface area contributed by atoms with E-state index in [4.69, 9.17) is 14.2 Å². The number of nitrogens with zero attached hydrogens (tertiary/aromatic N) is 4. The Morgan fingerprint density at radius 1 is 1.10 bits per heavy atom. The molecule has 0 spiro atoms. The van der Waals surface area contributed by atoms with Crippen molar-refractivity contribution < 1.29 is 19.0 Å². The van der Waals surface area contributed by atoms with Crippen LogP contribution in [0.1, 0.15) is 18.7 Å².